The Morgan fingerprint density at radius 3 is 2.12 bits per heavy atom. The molecule has 0 spiro atoms. The van der Waals surface area contributed by atoms with Gasteiger partial charge in [-0.3, -0.25) is 0 Å². The molecule has 0 saturated carbocycles. The highest BCUT2D eigenvalue weighted by molar-refractivity contribution is 6.28. The molecule has 0 bridgehead atoms. The van der Waals surface area contributed by atoms with Crippen LogP contribution in [-0.2, 0) is 5.41 Å². The zero-order valence-electron chi connectivity index (χ0n) is 15.6. The van der Waals surface area contributed by atoms with Gasteiger partial charge in [-0.1, -0.05) is 32.9 Å². The van der Waals surface area contributed by atoms with Crippen molar-refractivity contribution >= 4 is 34.0 Å². The Morgan fingerprint density at radius 2 is 1.54 bits per heavy atom. The van der Waals surface area contributed by atoms with Crippen molar-refractivity contribution in [2.45, 2.75) is 26.2 Å². The number of halogens is 1. The maximum Gasteiger partial charge on any atom is 0.224 e. The summed E-state index contributed by atoms with van der Waals surface area (Å²) in [5.41, 5.74) is 2.97. The number of rotatable bonds is 4. The number of nitrogens with one attached hydrogen (secondary N) is 1. The molecule has 0 amide bonds. The Kier molecular flexibility index (Phi) is 4.92. The molecule has 1 N–H and O–H groups in total. The van der Waals surface area contributed by atoms with Crippen molar-refractivity contribution in [3.05, 3.63) is 47.2 Å². The minimum atomic E-state index is 0.105. The SMILES string of the molecule is COc1cc2nc(Cl)nc(Nc3ccc(C(C)(C)C)cc3)c2cc1OC. The van der Waals surface area contributed by atoms with Crippen LogP contribution in [0.1, 0.15) is 26.3 Å². The van der Waals surface area contributed by atoms with Crippen LogP contribution in [0.15, 0.2) is 36.4 Å². The van der Waals surface area contributed by atoms with Crippen LogP contribution in [0.4, 0.5) is 11.5 Å². The summed E-state index contributed by atoms with van der Waals surface area (Å²) < 4.78 is 10.7. The normalized spacial score (nSPS) is 11.5. The predicted molar refractivity (Wildman–Crippen MR) is 106 cm³/mol. The highest BCUT2D eigenvalue weighted by Gasteiger charge is 2.15. The number of hydrogen-bond acceptors (Lipinski definition) is 5. The molecule has 3 rings (SSSR count). The number of fused-ring (bicyclic) bond motifs is 1. The molecule has 136 valence electrons. The van der Waals surface area contributed by atoms with Gasteiger partial charge in [0.15, 0.2) is 11.5 Å². The van der Waals surface area contributed by atoms with Crippen molar-refractivity contribution in [2.75, 3.05) is 19.5 Å². The first-order valence-corrected chi connectivity index (χ1v) is 8.66. The van der Waals surface area contributed by atoms with Gasteiger partial charge in [0.25, 0.3) is 0 Å². The van der Waals surface area contributed by atoms with Gasteiger partial charge in [-0.2, -0.15) is 4.98 Å². The minimum Gasteiger partial charge on any atom is -0.493 e. The van der Waals surface area contributed by atoms with Crippen LogP contribution in [0, 0.1) is 0 Å². The lowest BCUT2D eigenvalue weighted by Gasteiger charge is -2.19. The molecule has 2 aromatic carbocycles. The number of hydrogen-bond donors (Lipinski definition) is 1. The summed E-state index contributed by atoms with van der Waals surface area (Å²) in [4.78, 5) is 8.63. The van der Waals surface area contributed by atoms with Crippen molar-refractivity contribution in [3.63, 3.8) is 0 Å². The standard InChI is InChI=1S/C20H22ClN3O2/c1-20(2,3)12-6-8-13(9-7-12)22-18-14-10-16(25-4)17(26-5)11-15(14)23-19(21)24-18/h6-11H,1-5H3,(H,22,23,24). The van der Waals surface area contributed by atoms with Crippen molar-refractivity contribution in [1.82, 2.24) is 9.97 Å². The van der Waals surface area contributed by atoms with E-state index in [4.69, 9.17) is 21.1 Å². The Hall–Kier alpha value is -2.53. The van der Waals surface area contributed by atoms with Crippen LogP contribution >= 0.6 is 11.6 Å². The van der Waals surface area contributed by atoms with Gasteiger partial charge in [-0.15, -0.1) is 0 Å². The second kappa shape index (κ2) is 7.00. The van der Waals surface area contributed by atoms with E-state index >= 15 is 0 Å². The average molecular weight is 372 g/mol. The van der Waals surface area contributed by atoms with Gasteiger partial charge in [-0.25, -0.2) is 4.98 Å². The maximum absolute atomic E-state index is 6.11. The molecule has 0 radical (unpaired) electrons. The molecule has 0 unspecified atom stereocenters. The van der Waals surface area contributed by atoms with Gasteiger partial charge < -0.3 is 14.8 Å². The first-order valence-electron chi connectivity index (χ1n) is 8.28. The van der Waals surface area contributed by atoms with E-state index in [-0.39, 0.29) is 10.7 Å². The molecule has 0 atom stereocenters. The third-order valence-corrected chi connectivity index (χ3v) is 4.36. The fraction of sp³-hybridized carbons (Fsp3) is 0.300. The minimum absolute atomic E-state index is 0.105. The summed E-state index contributed by atoms with van der Waals surface area (Å²) in [6, 6.07) is 11.9. The van der Waals surface area contributed by atoms with Crippen molar-refractivity contribution in [1.29, 1.82) is 0 Å². The second-order valence-electron chi connectivity index (χ2n) is 7.02. The number of nitrogens with zero attached hydrogens (tertiary/aromatic N) is 2. The third-order valence-electron chi connectivity index (χ3n) is 4.19. The molecule has 0 fully saturated rings. The smallest absolute Gasteiger partial charge is 0.224 e. The molecule has 6 heteroatoms. The first-order chi connectivity index (χ1) is 12.3. The Balaban J connectivity index is 2.04. The van der Waals surface area contributed by atoms with Crippen LogP contribution in [0.5, 0.6) is 11.5 Å². The van der Waals surface area contributed by atoms with Crippen molar-refractivity contribution in [3.8, 4) is 11.5 Å². The second-order valence-corrected chi connectivity index (χ2v) is 7.36. The van der Waals surface area contributed by atoms with Gasteiger partial charge in [0.2, 0.25) is 5.28 Å². The molecular formula is C20H22ClN3O2. The number of methoxy groups -OCH3 is 2. The van der Waals surface area contributed by atoms with Crippen LogP contribution in [0.2, 0.25) is 5.28 Å². The summed E-state index contributed by atoms with van der Waals surface area (Å²) in [5, 5.41) is 4.29. The number of aromatic nitrogens is 2. The van der Waals surface area contributed by atoms with E-state index in [0.29, 0.717) is 22.8 Å². The molecule has 0 aliphatic carbocycles. The summed E-state index contributed by atoms with van der Waals surface area (Å²) in [5.74, 6) is 1.82. The Morgan fingerprint density at radius 1 is 0.923 bits per heavy atom. The van der Waals surface area contributed by atoms with Crippen molar-refractivity contribution < 1.29 is 9.47 Å². The van der Waals surface area contributed by atoms with E-state index in [2.05, 4.69) is 48.2 Å². The van der Waals surface area contributed by atoms with Crippen LogP contribution < -0.4 is 14.8 Å². The molecule has 0 saturated heterocycles. The fourth-order valence-electron chi connectivity index (χ4n) is 2.71. The van der Waals surface area contributed by atoms with Gasteiger partial charge in [0.1, 0.15) is 5.82 Å². The van der Waals surface area contributed by atoms with E-state index in [1.165, 1.54) is 5.56 Å². The van der Waals surface area contributed by atoms with Crippen LogP contribution in [0.25, 0.3) is 10.9 Å². The maximum atomic E-state index is 6.11. The largest absolute Gasteiger partial charge is 0.493 e. The monoisotopic (exact) mass is 371 g/mol. The Bertz CT molecular complexity index is 934. The number of anilines is 2. The van der Waals surface area contributed by atoms with Crippen LogP contribution in [-0.4, -0.2) is 24.2 Å². The summed E-state index contributed by atoms with van der Waals surface area (Å²) in [7, 11) is 3.18. The van der Waals surface area contributed by atoms with E-state index in [1.54, 1.807) is 20.3 Å². The van der Waals surface area contributed by atoms with Crippen molar-refractivity contribution in [2.24, 2.45) is 0 Å². The molecule has 1 heterocycles. The molecule has 3 aromatic rings. The zero-order chi connectivity index (χ0) is 18.9. The van der Waals surface area contributed by atoms with Gasteiger partial charge in [0.05, 0.1) is 19.7 Å². The highest BCUT2D eigenvalue weighted by atomic mass is 35.5. The molecule has 1 aromatic heterocycles. The molecule has 0 aliphatic rings. The van der Waals surface area contributed by atoms with E-state index in [1.807, 2.05) is 18.2 Å². The lowest BCUT2D eigenvalue weighted by atomic mass is 9.87. The molecule has 5 nitrogen and oxygen atoms in total. The van der Waals surface area contributed by atoms with Gasteiger partial charge in [-0.05, 0) is 40.8 Å². The molecular weight excluding hydrogens is 350 g/mol. The van der Waals surface area contributed by atoms with Gasteiger partial charge in [0, 0.05) is 17.1 Å². The van der Waals surface area contributed by atoms with E-state index in [0.717, 1.165) is 11.1 Å². The highest BCUT2D eigenvalue weighted by Crippen LogP contribution is 2.35. The average Bonchev–Trinajstić information content (AvgIpc) is 2.60. The Labute approximate surface area is 158 Å². The third kappa shape index (κ3) is 3.68. The lowest BCUT2D eigenvalue weighted by Crippen LogP contribution is -2.10. The first kappa shape index (κ1) is 18.3. The topological polar surface area (TPSA) is 56.3 Å². The summed E-state index contributed by atoms with van der Waals surface area (Å²) >= 11 is 6.11. The quantitative estimate of drug-likeness (QED) is 0.627. The van der Waals surface area contributed by atoms with Crippen LogP contribution in [0.3, 0.4) is 0 Å². The van der Waals surface area contributed by atoms with Gasteiger partial charge >= 0.3 is 0 Å². The number of benzene rings is 2. The lowest BCUT2D eigenvalue weighted by molar-refractivity contribution is 0.356. The summed E-state index contributed by atoms with van der Waals surface area (Å²) in [6.45, 7) is 6.56. The zero-order valence-corrected chi connectivity index (χ0v) is 16.3. The fourth-order valence-corrected chi connectivity index (χ4v) is 2.89. The van der Waals surface area contributed by atoms with E-state index in [9.17, 15) is 0 Å². The summed E-state index contributed by atoms with van der Waals surface area (Å²) in [6.07, 6.45) is 0. The molecule has 26 heavy (non-hydrogen) atoms. The predicted octanol–water partition coefficient (Wildman–Crippen LogP) is 5.34. The number of ether oxygens (including phenoxy) is 2. The molecule has 0 aliphatic heterocycles. The van der Waals surface area contributed by atoms with E-state index < -0.39 is 0 Å².